The monoisotopic (exact) mass is 541 g/mol. The second-order valence-electron chi connectivity index (χ2n) is 9.54. The number of hydrogen-bond donors (Lipinski definition) is 4. The molecular formula is C25H29BFN5O7. The van der Waals surface area contributed by atoms with Gasteiger partial charge in [0.2, 0.25) is 0 Å². The smallest absolute Gasteiger partial charge is 0.526 e. The van der Waals surface area contributed by atoms with Crippen molar-refractivity contribution in [2.45, 2.75) is 38.0 Å². The normalized spacial score (nSPS) is 17.9. The molecule has 1 unspecified atom stereocenters. The second-order valence-corrected chi connectivity index (χ2v) is 9.54. The van der Waals surface area contributed by atoms with Crippen molar-refractivity contribution in [1.29, 1.82) is 0 Å². The molecule has 5 N–H and O–H groups in total. The summed E-state index contributed by atoms with van der Waals surface area (Å²) >= 11 is 0. The summed E-state index contributed by atoms with van der Waals surface area (Å²) in [5.41, 5.74) is 6.57. The molecule has 4 amide bonds. The van der Waals surface area contributed by atoms with Gasteiger partial charge in [-0.15, -0.1) is 0 Å². The van der Waals surface area contributed by atoms with Gasteiger partial charge in [-0.25, -0.2) is 9.18 Å². The van der Waals surface area contributed by atoms with E-state index < -0.39 is 59.9 Å². The maximum absolute atomic E-state index is 14.8. The summed E-state index contributed by atoms with van der Waals surface area (Å²) in [5.74, 6) is -4.46. The predicted molar refractivity (Wildman–Crippen MR) is 136 cm³/mol. The van der Waals surface area contributed by atoms with Crippen molar-refractivity contribution in [2.24, 2.45) is 5.73 Å². The Morgan fingerprint density at radius 2 is 2.08 bits per heavy atom. The minimum Gasteiger partial charge on any atom is -0.536 e. The Bertz CT molecular complexity index is 1300. The number of Topliss-reactive ketones (excluding diaryl/α,β-unsaturated/α-hetero) is 1. The summed E-state index contributed by atoms with van der Waals surface area (Å²) in [6.07, 6.45) is 1.34. The molecule has 0 aliphatic carbocycles. The van der Waals surface area contributed by atoms with Crippen LogP contribution in [0.4, 0.5) is 9.18 Å². The van der Waals surface area contributed by atoms with Gasteiger partial charge in [-0.2, -0.15) is 0 Å². The third-order valence-electron chi connectivity index (χ3n) is 6.79. The number of aromatic hydroxyl groups is 1. The number of nitrogens with zero attached hydrogens (tertiary/aromatic N) is 3. The number of para-hydroxylation sites is 1. The number of hydrogen-bond acceptors (Lipinski definition) is 9. The first kappa shape index (κ1) is 28.0. The maximum Gasteiger partial charge on any atom is 0.526 e. The van der Waals surface area contributed by atoms with Gasteiger partial charge in [-0.3, -0.25) is 24.3 Å². The summed E-state index contributed by atoms with van der Waals surface area (Å²) in [6.45, 7) is 2.34. The van der Waals surface area contributed by atoms with Gasteiger partial charge < -0.3 is 30.7 Å². The first-order valence-corrected chi connectivity index (χ1v) is 12.5. The minimum absolute atomic E-state index is 0.0762. The number of nitrogens with one attached hydrogen (secondary N) is 1. The van der Waals surface area contributed by atoms with E-state index in [9.17, 15) is 33.7 Å². The fourth-order valence-corrected chi connectivity index (χ4v) is 4.71. The van der Waals surface area contributed by atoms with Crippen LogP contribution in [0.25, 0.3) is 0 Å². The molecule has 2 aliphatic rings. The number of aryl methyl sites for hydroxylation is 1. The number of nitrogens with two attached hydrogens (primary N) is 1. The number of ketones is 1. The van der Waals surface area contributed by atoms with Crippen LogP contribution in [0.2, 0.25) is 5.82 Å². The molecule has 206 valence electrons. The van der Waals surface area contributed by atoms with Crippen molar-refractivity contribution in [2.75, 3.05) is 26.2 Å². The Kier molecular flexibility index (Phi) is 8.46. The molecule has 1 aromatic heterocycles. The van der Waals surface area contributed by atoms with Crippen LogP contribution in [0.1, 0.15) is 35.7 Å². The summed E-state index contributed by atoms with van der Waals surface area (Å²) in [7, 11) is -1.34. The van der Waals surface area contributed by atoms with Gasteiger partial charge >= 0.3 is 25.0 Å². The van der Waals surface area contributed by atoms with Gasteiger partial charge in [0.25, 0.3) is 0 Å². The standard InChI is InChI=1S/C25H29BFN5O7/c1-14-4-2-5-15-10-16(26(38)39-22(14)15)11-19(34)21(20-18(27)12-17(33)13-29-20)30-25(37)32-9-8-31(7-3-6-28)23(35)24(32)36/h2,4-5,12-13,16,21,33,38H,3,6-11,28H2,1H3,(H,30,37)/t16-,21?/m1/s1. The Hall–Kier alpha value is -4.04. The van der Waals surface area contributed by atoms with E-state index in [1.54, 1.807) is 0 Å². The Labute approximate surface area is 224 Å². The molecule has 1 aromatic carbocycles. The van der Waals surface area contributed by atoms with E-state index in [4.69, 9.17) is 10.4 Å². The number of pyridine rings is 1. The number of urea groups is 1. The predicted octanol–water partition coefficient (Wildman–Crippen LogP) is 0.450. The first-order valence-electron chi connectivity index (χ1n) is 12.5. The fraction of sp³-hybridized carbons (Fsp3) is 0.400. The molecule has 12 nitrogen and oxygen atoms in total. The van der Waals surface area contributed by atoms with E-state index >= 15 is 0 Å². The van der Waals surface area contributed by atoms with Gasteiger partial charge in [0.05, 0.1) is 6.20 Å². The fourth-order valence-electron chi connectivity index (χ4n) is 4.71. The molecule has 14 heteroatoms. The molecule has 0 spiro atoms. The lowest BCUT2D eigenvalue weighted by Crippen LogP contribution is -2.59. The van der Waals surface area contributed by atoms with Crippen molar-refractivity contribution in [3.63, 3.8) is 0 Å². The average Bonchev–Trinajstić information content (AvgIpc) is 2.89. The number of carbonyl (C=O) groups excluding carboxylic acids is 4. The summed E-state index contributed by atoms with van der Waals surface area (Å²) < 4.78 is 20.4. The lowest BCUT2D eigenvalue weighted by molar-refractivity contribution is -0.153. The summed E-state index contributed by atoms with van der Waals surface area (Å²) in [5, 5.41) is 22.5. The number of carbonyl (C=O) groups is 4. The van der Waals surface area contributed by atoms with Crippen LogP contribution >= 0.6 is 0 Å². The number of aromatic nitrogens is 1. The molecule has 1 saturated heterocycles. The SMILES string of the molecule is Cc1cccc2c1OB(O)[C@@H](CC(=O)C(NC(=O)N1CCN(CCCN)C(=O)C1=O)c1ncc(O)cc1F)C2. The van der Waals surface area contributed by atoms with Crippen LogP contribution in [-0.2, 0) is 20.8 Å². The highest BCUT2D eigenvalue weighted by molar-refractivity contribution is 6.46. The van der Waals surface area contributed by atoms with E-state index in [2.05, 4.69) is 10.3 Å². The van der Waals surface area contributed by atoms with Crippen LogP contribution in [0.15, 0.2) is 30.5 Å². The van der Waals surface area contributed by atoms with Crippen LogP contribution in [0.5, 0.6) is 11.5 Å². The second kappa shape index (κ2) is 11.8. The van der Waals surface area contributed by atoms with Gasteiger partial charge in [0.1, 0.15) is 23.2 Å². The average molecular weight is 541 g/mol. The number of imide groups is 1. The van der Waals surface area contributed by atoms with Crippen molar-refractivity contribution < 1.29 is 38.4 Å². The molecule has 0 radical (unpaired) electrons. The quantitative estimate of drug-likeness (QED) is 0.273. The van der Waals surface area contributed by atoms with E-state index in [0.717, 1.165) is 23.4 Å². The van der Waals surface area contributed by atoms with Gasteiger partial charge in [0, 0.05) is 37.9 Å². The summed E-state index contributed by atoms with van der Waals surface area (Å²) in [6, 6.07) is 3.43. The van der Waals surface area contributed by atoms with Crippen molar-refractivity contribution in [1.82, 2.24) is 20.1 Å². The lowest BCUT2D eigenvalue weighted by Gasteiger charge is -2.33. The zero-order valence-electron chi connectivity index (χ0n) is 21.3. The molecule has 39 heavy (non-hydrogen) atoms. The Morgan fingerprint density at radius 3 is 2.79 bits per heavy atom. The molecule has 2 aromatic rings. The van der Waals surface area contributed by atoms with E-state index in [1.807, 2.05) is 25.1 Å². The topological polar surface area (TPSA) is 175 Å². The minimum atomic E-state index is -1.68. The Balaban J connectivity index is 1.54. The highest BCUT2D eigenvalue weighted by atomic mass is 19.1. The van der Waals surface area contributed by atoms with Crippen LogP contribution < -0.4 is 15.7 Å². The number of piperazine rings is 1. The van der Waals surface area contributed by atoms with E-state index in [1.165, 1.54) is 4.90 Å². The highest BCUT2D eigenvalue weighted by Crippen LogP contribution is 2.37. The molecule has 2 atom stereocenters. The third kappa shape index (κ3) is 6.01. The number of fused-ring (bicyclic) bond motifs is 1. The molecule has 4 rings (SSSR count). The molecule has 2 aliphatic heterocycles. The van der Waals surface area contributed by atoms with Gasteiger partial charge in [0.15, 0.2) is 11.6 Å². The van der Waals surface area contributed by atoms with Crippen molar-refractivity contribution >= 4 is 30.7 Å². The number of halogens is 1. The molecular weight excluding hydrogens is 512 g/mol. The molecule has 0 bridgehead atoms. The first-order chi connectivity index (χ1) is 18.6. The van der Waals surface area contributed by atoms with Gasteiger partial charge in [-0.1, -0.05) is 18.2 Å². The number of benzene rings is 1. The van der Waals surface area contributed by atoms with Crippen molar-refractivity contribution in [3.8, 4) is 11.5 Å². The van der Waals surface area contributed by atoms with Crippen molar-refractivity contribution in [3.05, 3.63) is 53.1 Å². The van der Waals surface area contributed by atoms with Crippen LogP contribution in [-0.4, -0.2) is 81.8 Å². The third-order valence-corrected chi connectivity index (χ3v) is 6.79. The molecule has 1 fully saturated rings. The molecule has 0 saturated carbocycles. The van der Waals surface area contributed by atoms with Crippen LogP contribution in [0, 0.1) is 12.7 Å². The van der Waals surface area contributed by atoms with Gasteiger partial charge in [-0.05, 0) is 37.4 Å². The summed E-state index contributed by atoms with van der Waals surface area (Å²) in [4.78, 5) is 57.4. The zero-order valence-corrected chi connectivity index (χ0v) is 21.3. The van der Waals surface area contributed by atoms with Crippen LogP contribution in [0.3, 0.4) is 0 Å². The lowest BCUT2D eigenvalue weighted by atomic mass is 9.64. The largest absolute Gasteiger partial charge is 0.536 e. The van der Waals surface area contributed by atoms with E-state index in [-0.39, 0.29) is 32.5 Å². The molecule has 3 heterocycles. The maximum atomic E-state index is 14.8. The highest BCUT2D eigenvalue weighted by Gasteiger charge is 2.41. The van der Waals surface area contributed by atoms with E-state index in [0.29, 0.717) is 23.6 Å². The zero-order chi connectivity index (χ0) is 28.3. The number of rotatable bonds is 8. The Morgan fingerprint density at radius 1 is 1.31 bits per heavy atom. The number of amides is 4.